The molecule has 0 aliphatic heterocycles. The zero-order valence-electron chi connectivity index (χ0n) is 13.6. The van der Waals surface area contributed by atoms with Crippen molar-refractivity contribution in [3.8, 4) is 0 Å². The zero-order valence-corrected chi connectivity index (χ0v) is 14.4. The van der Waals surface area contributed by atoms with Gasteiger partial charge < -0.3 is 5.32 Å². The molecule has 0 aromatic heterocycles. The monoisotopic (exact) mass is 350 g/mol. The van der Waals surface area contributed by atoms with Gasteiger partial charge >= 0.3 is 0 Å². The molecule has 24 heavy (non-hydrogen) atoms. The zero-order chi connectivity index (χ0) is 18.0. The molecule has 0 radical (unpaired) electrons. The fourth-order valence-electron chi connectivity index (χ4n) is 1.93. The standard InChI is InChI=1S/C17H19FN2O3S/c1-17(2,3)19-16(21)12-4-10-15(11-5-12)24(22,23)20-14-8-6-13(18)7-9-14/h4-11,20H,1-3H3,(H,19,21). The third-order valence-electron chi connectivity index (χ3n) is 3.01. The van der Waals surface area contributed by atoms with Crippen molar-refractivity contribution < 1.29 is 17.6 Å². The molecule has 2 aromatic carbocycles. The first kappa shape index (κ1) is 17.9. The summed E-state index contributed by atoms with van der Waals surface area (Å²) in [6.45, 7) is 5.57. The van der Waals surface area contributed by atoms with Gasteiger partial charge in [-0.15, -0.1) is 0 Å². The normalized spacial score (nSPS) is 11.8. The highest BCUT2D eigenvalue weighted by Crippen LogP contribution is 2.17. The molecule has 0 bridgehead atoms. The number of benzene rings is 2. The minimum atomic E-state index is -3.81. The third-order valence-corrected chi connectivity index (χ3v) is 4.41. The van der Waals surface area contributed by atoms with Gasteiger partial charge in [0.1, 0.15) is 5.82 Å². The van der Waals surface area contributed by atoms with Crippen LogP contribution in [0.4, 0.5) is 10.1 Å². The van der Waals surface area contributed by atoms with E-state index in [4.69, 9.17) is 0 Å². The molecule has 0 unspecified atom stereocenters. The van der Waals surface area contributed by atoms with E-state index in [1.807, 2.05) is 20.8 Å². The molecular formula is C17H19FN2O3S. The lowest BCUT2D eigenvalue weighted by Crippen LogP contribution is -2.40. The van der Waals surface area contributed by atoms with E-state index < -0.39 is 15.8 Å². The molecule has 0 aliphatic carbocycles. The number of carbonyl (C=O) groups excluding carboxylic acids is 1. The average molecular weight is 350 g/mol. The van der Waals surface area contributed by atoms with E-state index >= 15 is 0 Å². The van der Waals surface area contributed by atoms with E-state index in [0.717, 1.165) is 12.1 Å². The first-order valence-electron chi connectivity index (χ1n) is 7.28. The highest BCUT2D eigenvalue weighted by Gasteiger charge is 2.18. The summed E-state index contributed by atoms with van der Waals surface area (Å²) in [5.74, 6) is -0.731. The van der Waals surface area contributed by atoms with Crippen LogP contribution >= 0.6 is 0 Å². The minimum absolute atomic E-state index is 0.0131. The molecule has 7 heteroatoms. The molecule has 2 rings (SSSR count). The molecule has 0 aliphatic rings. The van der Waals surface area contributed by atoms with Gasteiger partial charge in [0.05, 0.1) is 4.90 Å². The summed E-state index contributed by atoms with van der Waals surface area (Å²) in [5.41, 5.74) is 0.239. The lowest BCUT2D eigenvalue weighted by Gasteiger charge is -2.20. The number of anilines is 1. The first-order chi connectivity index (χ1) is 11.1. The molecule has 0 spiro atoms. The Morgan fingerprint density at radius 1 is 0.958 bits per heavy atom. The summed E-state index contributed by atoms with van der Waals surface area (Å²) in [6.07, 6.45) is 0. The summed E-state index contributed by atoms with van der Waals surface area (Å²) < 4.78 is 39.8. The van der Waals surface area contributed by atoms with Gasteiger partial charge in [0, 0.05) is 16.8 Å². The Balaban J connectivity index is 2.17. The molecule has 2 N–H and O–H groups in total. The largest absolute Gasteiger partial charge is 0.347 e. The molecule has 128 valence electrons. The van der Waals surface area contributed by atoms with Gasteiger partial charge in [-0.25, -0.2) is 12.8 Å². The van der Waals surface area contributed by atoms with Gasteiger partial charge in [-0.05, 0) is 69.3 Å². The molecule has 2 aromatic rings. The highest BCUT2D eigenvalue weighted by atomic mass is 32.2. The number of carbonyl (C=O) groups is 1. The number of nitrogens with one attached hydrogen (secondary N) is 2. The number of sulfonamides is 1. The number of halogens is 1. The Labute approximate surface area is 141 Å². The molecular weight excluding hydrogens is 331 g/mol. The number of hydrogen-bond donors (Lipinski definition) is 2. The maximum absolute atomic E-state index is 12.9. The molecule has 0 saturated heterocycles. The smallest absolute Gasteiger partial charge is 0.261 e. The van der Waals surface area contributed by atoms with E-state index in [1.54, 1.807) is 0 Å². The SMILES string of the molecule is CC(C)(C)NC(=O)c1ccc(S(=O)(=O)Nc2ccc(F)cc2)cc1. The second-order valence-corrected chi connectivity index (χ2v) is 8.02. The van der Waals surface area contributed by atoms with Crippen LogP contribution in [-0.2, 0) is 10.0 Å². The summed E-state index contributed by atoms with van der Waals surface area (Å²) in [5, 5.41) is 2.80. The van der Waals surface area contributed by atoms with Crippen molar-refractivity contribution in [3.63, 3.8) is 0 Å². The van der Waals surface area contributed by atoms with Crippen molar-refractivity contribution in [1.82, 2.24) is 5.32 Å². The van der Waals surface area contributed by atoms with E-state index in [9.17, 15) is 17.6 Å². The van der Waals surface area contributed by atoms with Crippen LogP contribution in [0.25, 0.3) is 0 Å². The Bertz CT molecular complexity index is 824. The maximum atomic E-state index is 12.9. The average Bonchev–Trinajstić information content (AvgIpc) is 2.48. The van der Waals surface area contributed by atoms with Crippen molar-refractivity contribution in [2.24, 2.45) is 0 Å². The topological polar surface area (TPSA) is 75.3 Å². The van der Waals surface area contributed by atoms with Crippen LogP contribution in [-0.4, -0.2) is 19.9 Å². The predicted molar refractivity (Wildman–Crippen MR) is 90.9 cm³/mol. The Kier molecular flexibility index (Phi) is 4.94. The van der Waals surface area contributed by atoms with Gasteiger partial charge in [0.15, 0.2) is 0 Å². The number of amides is 1. The lowest BCUT2D eigenvalue weighted by molar-refractivity contribution is 0.0919. The molecule has 1 amide bonds. The molecule has 5 nitrogen and oxygen atoms in total. The van der Waals surface area contributed by atoms with Crippen LogP contribution in [0.2, 0.25) is 0 Å². The predicted octanol–water partition coefficient (Wildman–Crippen LogP) is 3.15. The van der Waals surface area contributed by atoms with Gasteiger partial charge in [0.25, 0.3) is 15.9 Å². The van der Waals surface area contributed by atoms with Crippen LogP contribution < -0.4 is 10.0 Å². The van der Waals surface area contributed by atoms with Gasteiger partial charge in [-0.2, -0.15) is 0 Å². The van der Waals surface area contributed by atoms with E-state index in [-0.39, 0.29) is 22.0 Å². The van der Waals surface area contributed by atoms with Crippen LogP contribution in [0, 0.1) is 5.82 Å². The Hall–Kier alpha value is -2.41. The summed E-state index contributed by atoms with van der Waals surface area (Å²) in [4.78, 5) is 12.0. The van der Waals surface area contributed by atoms with Crippen LogP contribution in [0.1, 0.15) is 31.1 Å². The number of rotatable bonds is 4. The second-order valence-electron chi connectivity index (χ2n) is 6.34. The van der Waals surface area contributed by atoms with Gasteiger partial charge in [-0.1, -0.05) is 0 Å². The molecule has 0 atom stereocenters. The lowest BCUT2D eigenvalue weighted by atomic mass is 10.1. The van der Waals surface area contributed by atoms with Crippen molar-refractivity contribution in [3.05, 3.63) is 59.9 Å². The van der Waals surface area contributed by atoms with E-state index in [1.165, 1.54) is 36.4 Å². The fraction of sp³-hybridized carbons (Fsp3) is 0.235. The van der Waals surface area contributed by atoms with Crippen molar-refractivity contribution >= 4 is 21.6 Å². The van der Waals surface area contributed by atoms with Crippen molar-refractivity contribution in [2.75, 3.05) is 4.72 Å². The van der Waals surface area contributed by atoms with Crippen LogP contribution in [0.3, 0.4) is 0 Å². The highest BCUT2D eigenvalue weighted by molar-refractivity contribution is 7.92. The summed E-state index contributed by atoms with van der Waals surface area (Å²) >= 11 is 0. The van der Waals surface area contributed by atoms with Crippen LogP contribution in [0.15, 0.2) is 53.4 Å². The third kappa shape index (κ3) is 4.79. The van der Waals surface area contributed by atoms with E-state index in [2.05, 4.69) is 10.0 Å². The second kappa shape index (κ2) is 6.60. The molecule has 0 saturated carbocycles. The quantitative estimate of drug-likeness (QED) is 0.889. The van der Waals surface area contributed by atoms with Gasteiger partial charge in [0.2, 0.25) is 0 Å². The minimum Gasteiger partial charge on any atom is -0.347 e. The van der Waals surface area contributed by atoms with E-state index in [0.29, 0.717) is 5.56 Å². The maximum Gasteiger partial charge on any atom is 0.261 e. The Morgan fingerprint density at radius 2 is 1.50 bits per heavy atom. The van der Waals surface area contributed by atoms with Gasteiger partial charge in [-0.3, -0.25) is 9.52 Å². The fourth-order valence-corrected chi connectivity index (χ4v) is 2.99. The molecule has 0 heterocycles. The first-order valence-corrected chi connectivity index (χ1v) is 8.76. The summed E-state index contributed by atoms with van der Waals surface area (Å²) in [7, 11) is -3.81. The Morgan fingerprint density at radius 3 is 2.00 bits per heavy atom. The molecule has 0 fully saturated rings. The van der Waals surface area contributed by atoms with Crippen molar-refractivity contribution in [2.45, 2.75) is 31.2 Å². The van der Waals surface area contributed by atoms with Crippen molar-refractivity contribution in [1.29, 1.82) is 0 Å². The summed E-state index contributed by atoms with van der Waals surface area (Å²) in [6, 6.07) is 10.6. The number of hydrogen-bond acceptors (Lipinski definition) is 3. The van der Waals surface area contributed by atoms with Crippen LogP contribution in [0.5, 0.6) is 0 Å².